The maximum atomic E-state index is 11.1. The third kappa shape index (κ3) is 8.61. The molecule has 2 unspecified atom stereocenters. The number of hydrogen-bond donors (Lipinski definition) is 4. The van der Waals surface area contributed by atoms with Crippen LogP contribution in [0.2, 0.25) is 0 Å². The molecule has 25 heavy (non-hydrogen) atoms. The fraction of sp³-hybridized carbons (Fsp3) is 0.632. The lowest BCUT2D eigenvalue weighted by Crippen LogP contribution is -2.25. The summed E-state index contributed by atoms with van der Waals surface area (Å²) in [7, 11) is 0. The van der Waals surface area contributed by atoms with E-state index in [9.17, 15) is 15.0 Å². The number of aliphatic hydroxyl groups is 2. The molecule has 3 atom stereocenters. The summed E-state index contributed by atoms with van der Waals surface area (Å²) in [4.78, 5) is 11.1. The first kappa shape index (κ1) is 21.8. The van der Waals surface area contributed by atoms with E-state index in [2.05, 4.69) is 19.6 Å². The summed E-state index contributed by atoms with van der Waals surface area (Å²) in [5, 5.41) is 29.3. The van der Waals surface area contributed by atoms with E-state index < -0.39 is 24.1 Å². The summed E-state index contributed by atoms with van der Waals surface area (Å²) in [6.45, 7) is 2.14. The number of aliphatic carboxylic acids is 1. The molecule has 1 aromatic carbocycles. The van der Waals surface area contributed by atoms with Crippen molar-refractivity contribution in [3.05, 3.63) is 29.8 Å². The monoisotopic (exact) mass is 370 g/mol. The molecule has 0 spiro atoms. The quantitative estimate of drug-likeness (QED) is 0.316. The molecule has 0 aromatic heterocycles. The molecule has 142 valence electrons. The number of carboxylic acid groups (broad SMARTS) is 1. The molecule has 0 fully saturated rings. The average Bonchev–Trinajstić information content (AvgIpc) is 2.60. The normalized spacial score (nSPS) is 14.7. The van der Waals surface area contributed by atoms with Crippen molar-refractivity contribution in [3.8, 4) is 5.75 Å². The molecule has 0 radical (unpaired) electrons. The minimum absolute atomic E-state index is 0.0196. The molecule has 0 saturated carbocycles. The highest BCUT2D eigenvalue weighted by Gasteiger charge is 2.21. The highest BCUT2D eigenvalue weighted by molar-refractivity contribution is 7.80. The zero-order valence-electron chi connectivity index (χ0n) is 14.8. The van der Waals surface area contributed by atoms with Gasteiger partial charge < -0.3 is 20.1 Å². The first-order valence-corrected chi connectivity index (χ1v) is 9.53. The van der Waals surface area contributed by atoms with Gasteiger partial charge in [0.15, 0.2) is 0 Å². The van der Waals surface area contributed by atoms with E-state index in [-0.39, 0.29) is 13.0 Å². The van der Waals surface area contributed by atoms with E-state index in [0.717, 1.165) is 24.8 Å². The third-order valence-electron chi connectivity index (χ3n) is 4.15. The lowest BCUT2D eigenvalue weighted by atomic mass is 9.99. The summed E-state index contributed by atoms with van der Waals surface area (Å²) >= 11 is 4.05. The Labute approximate surface area is 155 Å². The first-order chi connectivity index (χ1) is 12.0. The third-order valence-corrected chi connectivity index (χ3v) is 4.41. The second-order valence-electron chi connectivity index (χ2n) is 6.33. The standard InChI is InChI=1S/C19H30O5S/c1-2-3-4-8-18(21)14-6-5-7-17(12-14)24-13-16(20)11-15(9-10-25)19(22)23/h5-7,12,15-16,18,20-21,25H,2-4,8-11,13H2,1H3,(H,22,23)/t15-,16?,18?/m1/s1. The Morgan fingerprint density at radius 2 is 2.00 bits per heavy atom. The van der Waals surface area contributed by atoms with Crippen molar-refractivity contribution in [2.24, 2.45) is 5.92 Å². The van der Waals surface area contributed by atoms with E-state index in [4.69, 9.17) is 9.84 Å². The lowest BCUT2D eigenvalue weighted by Gasteiger charge is -2.17. The summed E-state index contributed by atoms with van der Waals surface area (Å²) in [6, 6.07) is 7.19. The summed E-state index contributed by atoms with van der Waals surface area (Å²) in [6.07, 6.45) is 3.05. The van der Waals surface area contributed by atoms with Crippen LogP contribution < -0.4 is 4.74 Å². The summed E-state index contributed by atoms with van der Waals surface area (Å²) < 4.78 is 5.57. The minimum atomic E-state index is -0.926. The number of benzene rings is 1. The molecule has 6 heteroatoms. The molecule has 5 nitrogen and oxygen atoms in total. The Bertz CT molecular complexity index is 508. The zero-order valence-corrected chi connectivity index (χ0v) is 15.7. The van der Waals surface area contributed by atoms with Gasteiger partial charge in [0.1, 0.15) is 12.4 Å². The lowest BCUT2D eigenvalue weighted by molar-refractivity contribution is -0.143. The van der Waals surface area contributed by atoms with Crippen LogP contribution in [-0.4, -0.2) is 39.8 Å². The molecule has 3 N–H and O–H groups in total. The average molecular weight is 371 g/mol. The molecular formula is C19H30O5S. The van der Waals surface area contributed by atoms with E-state index in [0.29, 0.717) is 24.3 Å². The van der Waals surface area contributed by atoms with Gasteiger partial charge in [0.2, 0.25) is 0 Å². The molecule has 0 heterocycles. The van der Waals surface area contributed by atoms with Crippen LogP contribution in [0.4, 0.5) is 0 Å². The minimum Gasteiger partial charge on any atom is -0.491 e. The number of carboxylic acids is 1. The molecule has 0 bridgehead atoms. The molecule has 0 saturated heterocycles. The predicted molar refractivity (Wildman–Crippen MR) is 101 cm³/mol. The van der Waals surface area contributed by atoms with Gasteiger partial charge in [0.25, 0.3) is 0 Å². The van der Waals surface area contributed by atoms with Gasteiger partial charge in [-0.2, -0.15) is 12.6 Å². The Kier molecular flexibility index (Phi) is 10.6. The topological polar surface area (TPSA) is 87.0 Å². The zero-order chi connectivity index (χ0) is 18.7. The molecule has 0 amide bonds. The van der Waals surface area contributed by atoms with Crippen LogP contribution in [0.3, 0.4) is 0 Å². The fourth-order valence-corrected chi connectivity index (χ4v) is 2.96. The van der Waals surface area contributed by atoms with Gasteiger partial charge in [0, 0.05) is 0 Å². The Hall–Kier alpha value is -1.24. The van der Waals surface area contributed by atoms with Crippen molar-refractivity contribution in [2.45, 2.75) is 57.7 Å². The van der Waals surface area contributed by atoms with Crippen LogP contribution in [0.5, 0.6) is 5.75 Å². The van der Waals surface area contributed by atoms with Gasteiger partial charge in [-0.05, 0) is 42.7 Å². The summed E-state index contributed by atoms with van der Waals surface area (Å²) in [5.41, 5.74) is 0.793. The van der Waals surface area contributed by atoms with Crippen LogP contribution in [0.25, 0.3) is 0 Å². The Morgan fingerprint density at radius 3 is 2.64 bits per heavy atom. The van der Waals surface area contributed by atoms with Crippen LogP contribution in [-0.2, 0) is 4.79 Å². The van der Waals surface area contributed by atoms with Gasteiger partial charge >= 0.3 is 5.97 Å². The van der Waals surface area contributed by atoms with Gasteiger partial charge in [-0.25, -0.2) is 0 Å². The Balaban J connectivity index is 2.51. The van der Waals surface area contributed by atoms with Gasteiger partial charge in [-0.3, -0.25) is 4.79 Å². The molecule has 0 aliphatic heterocycles. The maximum absolute atomic E-state index is 11.1. The van der Waals surface area contributed by atoms with Gasteiger partial charge in [-0.15, -0.1) is 0 Å². The molecule has 1 aromatic rings. The number of rotatable bonds is 13. The largest absolute Gasteiger partial charge is 0.491 e. The molecule has 0 aliphatic carbocycles. The first-order valence-electron chi connectivity index (χ1n) is 8.90. The highest BCUT2D eigenvalue weighted by atomic mass is 32.1. The summed E-state index contributed by atoms with van der Waals surface area (Å²) in [5.74, 6) is -0.525. The maximum Gasteiger partial charge on any atom is 0.306 e. The van der Waals surface area contributed by atoms with Crippen molar-refractivity contribution < 1.29 is 24.9 Å². The second-order valence-corrected chi connectivity index (χ2v) is 6.78. The van der Waals surface area contributed by atoms with Crippen LogP contribution in [0.15, 0.2) is 24.3 Å². The van der Waals surface area contributed by atoms with Crippen molar-refractivity contribution in [1.82, 2.24) is 0 Å². The van der Waals surface area contributed by atoms with Crippen molar-refractivity contribution in [3.63, 3.8) is 0 Å². The number of unbranched alkanes of at least 4 members (excludes halogenated alkanes) is 2. The Morgan fingerprint density at radius 1 is 1.24 bits per heavy atom. The molecule has 1 rings (SSSR count). The van der Waals surface area contributed by atoms with E-state index >= 15 is 0 Å². The predicted octanol–water partition coefficient (Wildman–Crippen LogP) is 3.45. The SMILES string of the molecule is CCCCCC(O)c1cccc(OCC(O)C[C@@H](CCS)C(=O)O)c1. The van der Waals surface area contributed by atoms with Gasteiger partial charge in [-0.1, -0.05) is 38.3 Å². The van der Waals surface area contributed by atoms with E-state index in [1.54, 1.807) is 18.2 Å². The van der Waals surface area contributed by atoms with E-state index in [1.165, 1.54) is 0 Å². The smallest absolute Gasteiger partial charge is 0.306 e. The molecular weight excluding hydrogens is 340 g/mol. The van der Waals surface area contributed by atoms with Crippen LogP contribution in [0.1, 0.15) is 57.1 Å². The van der Waals surface area contributed by atoms with Crippen molar-refractivity contribution >= 4 is 18.6 Å². The van der Waals surface area contributed by atoms with Crippen LogP contribution >= 0.6 is 12.6 Å². The van der Waals surface area contributed by atoms with Gasteiger partial charge in [0.05, 0.1) is 18.1 Å². The second kappa shape index (κ2) is 12.2. The van der Waals surface area contributed by atoms with E-state index in [1.807, 2.05) is 6.07 Å². The van der Waals surface area contributed by atoms with Crippen molar-refractivity contribution in [2.75, 3.05) is 12.4 Å². The number of carbonyl (C=O) groups is 1. The number of aliphatic hydroxyl groups excluding tert-OH is 2. The number of ether oxygens (including phenoxy) is 1. The number of hydrogen-bond acceptors (Lipinski definition) is 5. The highest BCUT2D eigenvalue weighted by Crippen LogP contribution is 2.24. The number of thiol groups is 1. The molecule has 0 aliphatic rings. The van der Waals surface area contributed by atoms with Crippen molar-refractivity contribution in [1.29, 1.82) is 0 Å². The fourth-order valence-electron chi connectivity index (χ4n) is 2.65. The van der Waals surface area contributed by atoms with Crippen LogP contribution in [0, 0.1) is 5.92 Å².